The summed E-state index contributed by atoms with van der Waals surface area (Å²) in [6.45, 7) is 6.40. The summed E-state index contributed by atoms with van der Waals surface area (Å²) in [7, 11) is 0. The van der Waals surface area contributed by atoms with Crippen LogP contribution in [0.15, 0.2) is 30.5 Å². The predicted octanol–water partition coefficient (Wildman–Crippen LogP) is 3.45. The van der Waals surface area contributed by atoms with Crippen molar-refractivity contribution in [1.82, 2.24) is 15.3 Å². The molecule has 0 spiro atoms. The number of rotatable bonds is 1. The number of nitrogens with zero attached hydrogens (tertiary/aromatic N) is 2. The lowest BCUT2D eigenvalue weighted by molar-refractivity contribution is 0.326. The first-order valence-corrected chi connectivity index (χ1v) is 8.60. The highest BCUT2D eigenvalue weighted by molar-refractivity contribution is 7.21. The predicted molar refractivity (Wildman–Crippen MR) is 95.8 cm³/mol. The smallest absolute Gasteiger partial charge is 0.182 e. The molecule has 5 nitrogen and oxygen atoms in total. The molecule has 0 atom stereocenters. The van der Waals surface area contributed by atoms with E-state index < -0.39 is 0 Å². The van der Waals surface area contributed by atoms with Crippen molar-refractivity contribution in [1.29, 1.82) is 0 Å². The van der Waals surface area contributed by atoms with Crippen LogP contribution in [0.4, 0.5) is 5.13 Å². The molecule has 3 N–H and O–H groups in total. The number of hydrogen-bond donors (Lipinski definition) is 2. The lowest BCUT2D eigenvalue weighted by Crippen LogP contribution is -2.16. The minimum Gasteiger partial charge on any atom is -0.492 e. The molecule has 0 unspecified atom stereocenters. The Morgan fingerprint density at radius 2 is 2.09 bits per heavy atom. The standard InChI is InChI=1S/C15H14N4OS.C2H6/c16-15-19-12-6-10(8-18-14(12)21-15)9-1-2-13-11(5-9)7-17-3-4-20-13;1-2/h1-2,5-6,8,17H,3-4,7H2,(H2,16,19);1-2H3. The van der Waals surface area contributed by atoms with E-state index in [1.54, 1.807) is 0 Å². The van der Waals surface area contributed by atoms with E-state index in [1.807, 2.05) is 32.2 Å². The molecule has 6 heteroatoms. The molecule has 120 valence electrons. The minimum absolute atomic E-state index is 0.550. The SMILES string of the molecule is CC.Nc1nc2cc(-c3ccc4c(c3)CNCCO4)cnc2s1. The van der Waals surface area contributed by atoms with Crippen LogP contribution in [0, 0.1) is 0 Å². The van der Waals surface area contributed by atoms with E-state index in [4.69, 9.17) is 10.5 Å². The zero-order valence-corrected chi connectivity index (χ0v) is 14.1. The summed E-state index contributed by atoms with van der Waals surface area (Å²) in [5.41, 5.74) is 9.90. The third kappa shape index (κ3) is 3.28. The van der Waals surface area contributed by atoms with Gasteiger partial charge in [-0.25, -0.2) is 9.97 Å². The van der Waals surface area contributed by atoms with Crippen LogP contribution >= 0.6 is 11.3 Å². The van der Waals surface area contributed by atoms with Gasteiger partial charge in [0.25, 0.3) is 0 Å². The fourth-order valence-corrected chi connectivity index (χ4v) is 3.15. The number of anilines is 1. The number of aromatic nitrogens is 2. The van der Waals surface area contributed by atoms with Gasteiger partial charge in [0, 0.05) is 30.4 Å². The summed E-state index contributed by atoms with van der Waals surface area (Å²) in [5.74, 6) is 0.954. The Hall–Kier alpha value is -2.18. The normalized spacial score (nSPS) is 13.5. The van der Waals surface area contributed by atoms with Gasteiger partial charge in [-0.05, 0) is 23.8 Å². The first-order chi connectivity index (χ1) is 11.3. The fourth-order valence-electron chi connectivity index (χ4n) is 2.49. The molecule has 1 aliphatic heterocycles. The number of ether oxygens (including phenoxy) is 1. The highest BCUT2D eigenvalue weighted by Crippen LogP contribution is 2.30. The second-order valence-corrected chi connectivity index (χ2v) is 5.96. The van der Waals surface area contributed by atoms with Gasteiger partial charge in [-0.3, -0.25) is 0 Å². The van der Waals surface area contributed by atoms with Crippen molar-refractivity contribution < 1.29 is 4.74 Å². The van der Waals surface area contributed by atoms with Crippen LogP contribution < -0.4 is 15.8 Å². The molecule has 0 bridgehead atoms. The van der Waals surface area contributed by atoms with Gasteiger partial charge >= 0.3 is 0 Å². The summed E-state index contributed by atoms with van der Waals surface area (Å²) in [4.78, 5) is 9.61. The van der Waals surface area contributed by atoms with E-state index in [9.17, 15) is 0 Å². The Bertz CT molecular complexity index is 815. The molecule has 0 amide bonds. The second-order valence-electron chi connectivity index (χ2n) is 4.95. The highest BCUT2D eigenvalue weighted by atomic mass is 32.1. The lowest BCUT2D eigenvalue weighted by atomic mass is 10.0. The van der Waals surface area contributed by atoms with Crippen molar-refractivity contribution >= 4 is 26.8 Å². The molecular weight excluding hydrogens is 308 g/mol. The maximum atomic E-state index is 5.73. The highest BCUT2D eigenvalue weighted by Gasteiger charge is 2.11. The van der Waals surface area contributed by atoms with Gasteiger partial charge in [0.1, 0.15) is 22.7 Å². The van der Waals surface area contributed by atoms with Crippen molar-refractivity contribution in [2.45, 2.75) is 20.4 Å². The molecule has 3 heterocycles. The maximum Gasteiger partial charge on any atom is 0.182 e. The number of nitrogens with two attached hydrogens (primary N) is 1. The minimum atomic E-state index is 0.550. The third-order valence-corrected chi connectivity index (χ3v) is 4.32. The van der Waals surface area contributed by atoms with Crippen molar-refractivity contribution in [3.05, 3.63) is 36.0 Å². The van der Waals surface area contributed by atoms with Crippen molar-refractivity contribution in [3.8, 4) is 16.9 Å². The molecule has 0 fully saturated rings. The van der Waals surface area contributed by atoms with Crippen LogP contribution in [0.3, 0.4) is 0 Å². The average molecular weight is 328 g/mol. The lowest BCUT2D eigenvalue weighted by Gasteiger charge is -2.09. The molecule has 0 aliphatic carbocycles. The molecule has 1 aromatic carbocycles. The van der Waals surface area contributed by atoms with E-state index in [0.717, 1.165) is 40.3 Å². The van der Waals surface area contributed by atoms with Crippen molar-refractivity contribution in [3.63, 3.8) is 0 Å². The molecule has 3 aromatic rings. The zero-order valence-electron chi connectivity index (χ0n) is 13.3. The van der Waals surface area contributed by atoms with Crippen LogP contribution in [0.2, 0.25) is 0 Å². The summed E-state index contributed by atoms with van der Waals surface area (Å²) < 4.78 is 5.71. The number of nitrogen functional groups attached to an aromatic ring is 1. The molecule has 4 rings (SSSR count). The van der Waals surface area contributed by atoms with Crippen LogP contribution in [0.25, 0.3) is 21.5 Å². The monoisotopic (exact) mass is 328 g/mol. The van der Waals surface area contributed by atoms with Gasteiger partial charge in [0.05, 0.1) is 0 Å². The number of benzene rings is 1. The first-order valence-electron chi connectivity index (χ1n) is 7.78. The molecule has 1 aliphatic rings. The van der Waals surface area contributed by atoms with Gasteiger partial charge in [-0.15, -0.1) is 0 Å². The van der Waals surface area contributed by atoms with Gasteiger partial charge in [-0.2, -0.15) is 0 Å². The van der Waals surface area contributed by atoms with Gasteiger partial charge < -0.3 is 15.8 Å². The first kappa shape index (κ1) is 15.7. The maximum absolute atomic E-state index is 5.73. The fraction of sp³-hybridized carbons (Fsp3) is 0.294. The largest absolute Gasteiger partial charge is 0.492 e. The Morgan fingerprint density at radius 1 is 1.22 bits per heavy atom. The molecule has 0 radical (unpaired) electrons. The molecular formula is C17H20N4OS. The van der Waals surface area contributed by atoms with Crippen LogP contribution in [-0.4, -0.2) is 23.1 Å². The topological polar surface area (TPSA) is 73.1 Å². The number of nitrogens with one attached hydrogen (secondary N) is 1. The van der Waals surface area contributed by atoms with Gasteiger partial charge in [0.15, 0.2) is 5.13 Å². The summed E-state index contributed by atoms with van der Waals surface area (Å²) in [6.07, 6.45) is 1.87. The zero-order chi connectivity index (χ0) is 16.2. The van der Waals surface area contributed by atoms with E-state index >= 15 is 0 Å². The van der Waals surface area contributed by atoms with Gasteiger partial charge in [-0.1, -0.05) is 31.3 Å². The number of thiazole rings is 1. The van der Waals surface area contributed by atoms with Crippen LogP contribution in [0.5, 0.6) is 5.75 Å². The molecule has 23 heavy (non-hydrogen) atoms. The Labute approximate surface area is 139 Å². The van der Waals surface area contributed by atoms with Crippen molar-refractivity contribution in [2.75, 3.05) is 18.9 Å². The van der Waals surface area contributed by atoms with E-state index in [2.05, 4.69) is 27.4 Å². The summed E-state index contributed by atoms with van der Waals surface area (Å²) in [5, 5.41) is 3.90. The molecule has 2 aromatic heterocycles. The average Bonchev–Trinajstić information content (AvgIpc) is 2.80. The Morgan fingerprint density at radius 3 is 2.96 bits per heavy atom. The summed E-state index contributed by atoms with van der Waals surface area (Å²) >= 11 is 1.41. The number of hydrogen-bond acceptors (Lipinski definition) is 6. The van der Waals surface area contributed by atoms with Gasteiger partial charge in [0.2, 0.25) is 0 Å². The Kier molecular flexibility index (Phi) is 4.73. The summed E-state index contributed by atoms with van der Waals surface area (Å²) in [6, 6.07) is 8.26. The Balaban J connectivity index is 0.000000753. The quantitative estimate of drug-likeness (QED) is 0.716. The van der Waals surface area contributed by atoms with Crippen molar-refractivity contribution in [2.24, 2.45) is 0 Å². The number of fused-ring (bicyclic) bond motifs is 2. The molecule has 0 saturated carbocycles. The van der Waals surface area contributed by atoms with E-state index in [1.165, 1.54) is 16.9 Å². The van der Waals surface area contributed by atoms with E-state index in [0.29, 0.717) is 11.7 Å². The third-order valence-electron chi connectivity index (χ3n) is 3.51. The second kappa shape index (κ2) is 6.93. The van der Waals surface area contributed by atoms with E-state index in [-0.39, 0.29) is 0 Å². The molecule has 0 saturated heterocycles. The number of pyridine rings is 1. The van der Waals surface area contributed by atoms with Crippen LogP contribution in [0.1, 0.15) is 19.4 Å². The van der Waals surface area contributed by atoms with Crippen LogP contribution in [-0.2, 0) is 6.54 Å².